The molecule has 2 aromatic rings. The molecule has 0 fully saturated rings. The molecule has 30 heavy (non-hydrogen) atoms. The van der Waals surface area contributed by atoms with Gasteiger partial charge in [0.1, 0.15) is 19.0 Å². The molecule has 0 bridgehead atoms. The van der Waals surface area contributed by atoms with Crippen LogP contribution in [0.5, 0.6) is 0 Å². The number of nitrogens with two attached hydrogens (primary N) is 2. The van der Waals surface area contributed by atoms with Crippen LogP contribution in [0.2, 0.25) is 0 Å². The van der Waals surface area contributed by atoms with Crippen LogP contribution in [0.3, 0.4) is 0 Å². The van der Waals surface area contributed by atoms with Gasteiger partial charge in [0.25, 0.3) is 5.56 Å². The Bertz CT molecular complexity index is 909. The van der Waals surface area contributed by atoms with Crippen molar-refractivity contribution in [1.29, 1.82) is 0 Å². The number of carbonyl (C=O) groups is 1. The van der Waals surface area contributed by atoms with E-state index in [9.17, 15) is 14.0 Å². The topological polar surface area (TPSA) is 150 Å². The zero-order valence-electron chi connectivity index (χ0n) is 16.0. The molecule has 0 aliphatic heterocycles. The van der Waals surface area contributed by atoms with Crippen molar-refractivity contribution in [3.63, 3.8) is 0 Å². The van der Waals surface area contributed by atoms with E-state index in [2.05, 4.69) is 20.8 Å². The van der Waals surface area contributed by atoms with E-state index in [4.69, 9.17) is 16.3 Å². The van der Waals surface area contributed by atoms with Gasteiger partial charge in [0, 0.05) is 18.4 Å². The molecule has 0 aliphatic carbocycles. The third kappa shape index (κ3) is 7.78. The maximum absolute atomic E-state index is 12.9. The largest absolute Gasteiger partial charge is 0.391 e. The summed E-state index contributed by atoms with van der Waals surface area (Å²) in [5, 5.41) is 8.89. The van der Waals surface area contributed by atoms with Crippen molar-refractivity contribution in [3.8, 4) is 0 Å². The molecule has 1 heterocycles. The Hall–Kier alpha value is -3.63. The van der Waals surface area contributed by atoms with E-state index in [0.29, 0.717) is 18.7 Å². The van der Waals surface area contributed by atoms with Crippen LogP contribution in [0.4, 0.5) is 10.2 Å². The van der Waals surface area contributed by atoms with Crippen molar-refractivity contribution < 1.29 is 14.0 Å². The molecule has 0 unspecified atom stereocenters. The zero-order chi connectivity index (χ0) is 21.2. The summed E-state index contributed by atoms with van der Waals surface area (Å²) in [4.78, 5) is 33.5. The van der Waals surface area contributed by atoms with Gasteiger partial charge in [-0.2, -0.15) is 0 Å². The van der Waals surface area contributed by atoms with E-state index >= 15 is 0 Å². The minimum Gasteiger partial charge on any atom is -0.391 e. The van der Waals surface area contributed by atoms with Gasteiger partial charge in [-0.05, 0) is 36.2 Å². The van der Waals surface area contributed by atoms with Crippen molar-refractivity contribution in [2.24, 2.45) is 16.6 Å². The Labute approximate surface area is 174 Å². The average molecular weight is 421 g/mol. The Balaban J connectivity index is 0.00000450. The normalized spacial score (nSPS) is 9.93. The lowest BCUT2D eigenvalue weighted by Gasteiger charge is -2.12. The SMILES string of the molecule is C.Cc1cnc(NCCc2ccc(F)cc2)c(=O)n1CC(=O)NCCON=C(N)N. The Morgan fingerprint density at radius 3 is 2.63 bits per heavy atom. The van der Waals surface area contributed by atoms with Gasteiger partial charge in [0.15, 0.2) is 5.82 Å². The molecule has 6 N–H and O–H groups in total. The average Bonchev–Trinajstić information content (AvgIpc) is 2.68. The molecule has 1 amide bonds. The van der Waals surface area contributed by atoms with Crippen LogP contribution in [-0.2, 0) is 22.6 Å². The van der Waals surface area contributed by atoms with Crippen LogP contribution in [0.1, 0.15) is 18.7 Å². The number of hydrogen-bond acceptors (Lipinski definition) is 6. The fraction of sp³-hybridized carbons (Fsp3) is 0.368. The van der Waals surface area contributed by atoms with Gasteiger partial charge in [-0.1, -0.05) is 19.6 Å². The van der Waals surface area contributed by atoms with Gasteiger partial charge in [0.05, 0.1) is 6.54 Å². The highest BCUT2D eigenvalue weighted by Crippen LogP contribution is 2.04. The lowest BCUT2D eigenvalue weighted by atomic mass is 10.1. The molecule has 0 radical (unpaired) electrons. The lowest BCUT2D eigenvalue weighted by molar-refractivity contribution is -0.122. The molecule has 0 spiro atoms. The van der Waals surface area contributed by atoms with E-state index < -0.39 is 5.56 Å². The second-order valence-corrected chi connectivity index (χ2v) is 6.14. The van der Waals surface area contributed by atoms with Crippen molar-refractivity contribution in [1.82, 2.24) is 14.9 Å². The van der Waals surface area contributed by atoms with Crippen molar-refractivity contribution in [2.45, 2.75) is 27.3 Å². The molecule has 1 aromatic carbocycles. The van der Waals surface area contributed by atoms with E-state index in [1.54, 1.807) is 19.1 Å². The summed E-state index contributed by atoms with van der Waals surface area (Å²) in [6, 6.07) is 6.12. The number of aromatic nitrogens is 2. The molecule has 2 rings (SSSR count). The maximum atomic E-state index is 12.9. The summed E-state index contributed by atoms with van der Waals surface area (Å²) in [6.45, 7) is 2.22. The predicted molar refractivity (Wildman–Crippen MR) is 113 cm³/mol. The summed E-state index contributed by atoms with van der Waals surface area (Å²) >= 11 is 0. The molecule has 11 heteroatoms. The standard InChI is InChI=1S/C18H24FN7O3.CH4/c1-12-10-24-16(23-7-6-13-2-4-14(19)5-3-13)17(28)26(12)11-15(27)22-8-9-29-25-18(20)21;/h2-5,10H,6-9,11H2,1H3,(H,22,27)(H,23,24)(H4,20,21,25);1H4. The first-order valence-electron chi connectivity index (χ1n) is 8.89. The number of carbonyl (C=O) groups excluding carboxylic acids is 1. The van der Waals surface area contributed by atoms with E-state index in [-0.39, 0.29) is 50.6 Å². The first-order chi connectivity index (χ1) is 13.9. The van der Waals surface area contributed by atoms with Crippen LogP contribution < -0.4 is 27.7 Å². The predicted octanol–water partition coefficient (Wildman–Crippen LogP) is 0.303. The molecule has 0 atom stereocenters. The van der Waals surface area contributed by atoms with E-state index in [1.165, 1.54) is 22.9 Å². The van der Waals surface area contributed by atoms with Gasteiger partial charge >= 0.3 is 0 Å². The number of anilines is 1. The number of aryl methyl sites for hydroxylation is 1. The van der Waals surface area contributed by atoms with Crippen molar-refractivity contribution in [2.75, 3.05) is 25.0 Å². The molecular weight excluding hydrogens is 393 g/mol. The Morgan fingerprint density at radius 2 is 1.97 bits per heavy atom. The quantitative estimate of drug-likeness (QED) is 0.186. The second-order valence-electron chi connectivity index (χ2n) is 6.14. The number of nitrogens with zero attached hydrogens (tertiary/aromatic N) is 3. The number of rotatable bonds is 10. The summed E-state index contributed by atoms with van der Waals surface area (Å²) in [5.41, 5.74) is 11.3. The second kappa shape index (κ2) is 12.0. The van der Waals surface area contributed by atoms with Crippen LogP contribution in [0, 0.1) is 12.7 Å². The third-order valence-electron chi connectivity index (χ3n) is 3.86. The zero-order valence-corrected chi connectivity index (χ0v) is 16.0. The Morgan fingerprint density at radius 1 is 1.27 bits per heavy atom. The van der Waals surface area contributed by atoms with Crippen LogP contribution in [0.25, 0.3) is 0 Å². The summed E-state index contributed by atoms with van der Waals surface area (Å²) in [7, 11) is 0. The molecular formula is C19H28FN7O3. The van der Waals surface area contributed by atoms with Crippen LogP contribution in [-0.4, -0.2) is 41.1 Å². The van der Waals surface area contributed by atoms with Crippen LogP contribution >= 0.6 is 0 Å². The number of oxime groups is 1. The summed E-state index contributed by atoms with van der Waals surface area (Å²) in [6.07, 6.45) is 2.10. The molecule has 0 saturated heterocycles. The number of nitrogens with one attached hydrogen (secondary N) is 2. The highest BCUT2D eigenvalue weighted by Gasteiger charge is 2.11. The number of guanidine groups is 1. The van der Waals surface area contributed by atoms with Crippen molar-refractivity contribution in [3.05, 3.63) is 57.9 Å². The monoisotopic (exact) mass is 421 g/mol. The van der Waals surface area contributed by atoms with Gasteiger partial charge in [-0.25, -0.2) is 9.37 Å². The number of benzene rings is 1. The fourth-order valence-corrected chi connectivity index (χ4v) is 2.42. The molecule has 10 nitrogen and oxygen atoms in total. The van der Waals surface area contributed by atoms with Gasteiger partial charge in [-0.3, -0.25) is 14.2 Å². The number of amides is 1. The first-order valence-corrected chi connectivity index (χ1v) is 8.89. The lowest BCUT2D eigenvalue weighted by Crippen LogP contribution is -2.36. The minimum absolute atomic E-state index is 0. The number of halogens is 1. The highest BCUT2D eigenvalue weighted by molar-refractivity contribution is 5.76. The van der Waals surface area contributed by atoms with E-state index in [0.717, 1.165) is 5.56 Å². The number of hydrogen-bond donors (Lipinski definition) is 4. The highest BCUT2D eigenvalue weighted by atomic mass is 19.1. The molecule has 1 aromatic heterocycles. The molecule has 164 valence electrons. The van der Waals surface area contributed by atoms with Crippen molar-refractivity contribution >= 4 is 17.7 Å². The van der Waals surface area contributed by atoms with E-state index in [1.807, 2.05) is 0 Å². The molecule has 0 saturated carbocycles. The third-order valence-corrected chi connectivity index (χ3v) is 3.86. The fourth-order valence-electron chi connectivity index (χ4n) is 2.42. The van der Waals surface area contributed by atoms with Gasteiger partial charge in [-0.15, -0.1) is 0 Å². The summed E-state index contributed by atoms with van der Waals surface area (Å²) < 4.78 is 14.3. The molecule has 0 aliphatic rings. The minimum atomic E-state index is -0.406. The van der Waals surface area contributed by atoms with Crippen LogP contribution in [0.15, 0.2) is 40.4 Å². The first kappa shape index (κ1) is 24.4. The Kier molecular flexibility index (Phi) is 9.80. The smallest absolute Gasteiger partial charge is 0.293 e. The summed E-state index contributed by atoms with van der Waals surface area (Å²) in [5.74, 6) is -0.741. The van der Waals surface area contributed by atoms with Gasteiger partial charge in [0.2, 0.25) is 11.9 Å². The maximum Gasteiger partial charge on any atom is 0.293 e. The van der Waals surface area contributed by atoms with Gasteiger partial charge < -0.3 is 26.9 Å².